The van der Waals surface area contributed by atoms with Crippen LogP contribution in [0.2, 0.25) is 0 Å². The zero-order valence-electron chi connectivity index (χ0n) is 19.3. The van der Waals surface area contributed by atoms with Crippen LogP contribution in [0.5, 0.6) is 11.5 Å². The third-order valence-electron chi connectivity index (χ3n) is 6.30. The van der Waals surface area contributed by atoms with Crippen molar-refractivity contribution in [3.8, 4) is 11.5 Å². The maximum atomic E-state index is 13.2. The Balaban J connectivity index is 1.46. The molecule has 4 N–H and O–H groups in total. The topological polar surface area (TPSA) is 114 Å². The average Bonchev–Trinajstić information content (AvgIpc) is 3.14. The summed E-state index contributed by atoms with van der Waals surface area (Å²) in [6, 6.07) is 10.4. The van der Waals surface area contributed by atoms with E-state index in [2.05, 4.69) is 11.5 Å². The van der Waals surface area contributed by atoms with Gasteiger partial charge in [0.2, 0.25) is 0 Å². The zero-order chi connectivity index (χ0) is 23.8. The molecule has 4 rings (SSSR count). The van der Waals surface area contributed by atoms with Crippen molar-refractivity contribution in [3.05, 3.63) is 58.7 Å². The van der Waals surface area contributed by atoms with Gasteiger partial charge in [-0.25, -0.2) is 5.48 Å². The third kappa shape index (κ3) is 4.67. The summed E-state index contributed by atoms with van der Waals surface area (Å²) in [5.74, 6) is -0.0937. The molecule has 1 spiro atoms. The Morgan fingerprint density at radius 2 is 1.91 bits per heavy atom. The Bertz CT molecular complexity index is 1070. The number of hydrogen-bond donors (Lipinski definition) is 3. The first-order chi connectivity index (χ1) is 15.6. The molecule has 1 saturated heterocycles. The van der Waals surface area contributed by atoms with E-state index in [1.165, 1.54) is 23.8 Å². The maximum Gasteiger partial charge on any atom is 0.278 e. The Morgan fingerprint density at radius 1 is 1.18 bits per heavy atom. The molecule has 8 nitrogen and oxygen atoms in total. The Hall–Kier alpha value is -3.10. The van der Waals surface area contributed by atoms with Gasteiger partial charge >= 0.3 is 0 Å². The summed E-state index contributed by atoms with van der Waals surface area (Å²) in [5.41, 5.74) is 10.0. The number of nitrogens with zero attached hydrogens (tertiary/aromatic N) is 1. The van der Waals surface area contributed by atoms with Gasteiger partial charge in [0.1, 0.15) is 11.5 Å². The van der Waals surface area contributed by atoms with Gasteiger partial charge in [0.15, 0.2) is 0 Å². The first-order valence-corrected chi connectivity index (χ1v) is 11.2. The van der Waals surface area contributed by atoms with Gasteiger partial charge in [-0.15, -0.1) is 0 Å². The summed E-state index contributed by atoms with van der Waals surface area (Å²) < 4.78 is 5.95. The molecule has 0 saturated carbocycles. The van der Waals surface area contributed by atoms with Crippen LogP contribution in [-0.4, -0.2) is 47.1 Å². The van der Waals surface area contributed by atoms with Gasteiger partial charge in [0.05, 0.1) is 17.8 Å². The monoisotopic (exact) mass is 453 g/mol. The molecule has 1 fully saturated rings. The fourth-order valence-electron chi connectivity index (χ4n) is 4.38. The summed E-state index contributed by atoms with van der Waals surface area (Å²) in [6.07, 6.45) is 1.56. The van der Waals surface area contributed by atoms with E-state index in [9.17, 15) is 14.7 Å². The van der Waals surface area contributed by atoms with Gasteiger partial charge in [-0.2, -0.15) is 0 Å². The summed E-state index contributed by atoms with van der Waals surface area (Å²) in [6.45, 7) is 7.61. The van der Waals surface area contributed by atoms with Crippen LogP contribution in [-0.2, 0) is 16.8 Å². The predicted molar refractivity (Wildman–Crippen MR) is 123 cm³/mol. The van der Waals surface area contributed by atoms with E-state index in [-0.39, 0.29) is 22.6 Å². The minimum Gasteiger partial charge on any atom is -0.507 e. The lowest BCUT2D eigenvalue weighted by atomic mass is 9.74. The second-order valence-corrected chi connectivity index (χ2v) is 9.77. The van der Waals surface area contributed by atoms with Crippen molar-refractivity contribution in [1.29, 1.82) is 0 Å². The first kappa shape index (κ1) is 23.1. The standard InChI is InChI=1S/C25H31N3O5/c1-24(2,3)33-27-22(30)18-13-17(5-6-20(18)29)23(31)28-10-8-25(9-11-28)15-32-21-7-4-16(14-26)12-19(21)25/h4-7,12-13,29H,8-11,14-15,26H2,1-3H3,(H,27,30). The number of amides is 2. The maximum absolute atomic E-state index is 13.2. The summed E-state index contributed by atoms with van der Waals surface area (Å²) in [7, 11) is 0. The number of piperidine rings is 1. The first-order valence-electron chi connectivity index (χ1n) is 11.2. The molecule has 0 unspecified atom stereocenters. The molecular formula is C25H31N3O5. The third-order valence-corrected chi connectivity index (χ3v) is 6.30. The van der Waals surface area contributed by atoms with Crippen LogP contribution < -0.4 is 16.0 Å². The molecule has 0 radical (unpaired) electrons. The molecule has 2 aliphatic heterocycles. The van der Waals surface area contributed by atoms with Gasteiger partial charge in [-0.05, 0) is 63.4 Å². The number of likely N-dealkylation sites (tertiary alicyclic amines) is 1. The van der Waals surface area contributed by atoms with E-state index in [1.807, 2.05) is 12.1 Å². The van der Waals surface area contributed by atoms with Gasteiger partial charge < -0.3 is 20.5 Å². The van der Waals surface area contributed by atoms with Crippen molar-refractivity contribution in [1.82, 2.24) is 10.4 Å². The highest BCUT2D eigenvalue weighted by Crippen LogP contribution is 2.46. The fraction of sp³-hybridized carbons (Fsp3) is 0.440. The lowest BCUT2D eigenvalue weighted by Gasteiger charge is -2.38. The number of nitrogens with one attached hydrogen (secondary N) is 1. The number of nitrogens with two attached hydrogens (primary N) is 1. The van der Waals surface area contributed by atoms with Crippen LogP contribution >= 0.6 is 0 Å². The molecule has 8 heteroatoms. The number of rotatable bonds is 4. The number of carbonyl (C=O) groups excluding carboxylic acids is 2. The molecule has 0 bridgehead atoms. The molecule has 33 heavy (non-hydrogen) atoms. The lowest BCUT2D eigenvalue weighted by Crippen LogP contribution is -2.46. The Kier molecular flexibility index (Phi) is 6.07. The molecule has 0 aliphatic carbocycles. The fourth-order valence-corrected chi connectivity index (χ4v) is 4.38. The highest BCUT2D eigenvalue weighted by Gasteiger charge is 2.44. The van der Waals surface area contributed by atoms with Gasteiger partial charge in [-0.3, -0.25) is 14.4 Å². The molecule has 2 heterocycles. The lowest BCUT2D eigenvalue weighted by molar-refractivity contribution is -0.0590. The van der Waals surface area contributed by atoms with E-state index < -0.39 is 11.5 Å². The number of ether oxygens (including phenoxy) is 1. The molecule has 0 aromatic heterocycles. The number of fused-ring (bicyclic) bond motifs is 2. The second-order valence-electron chi connectivity index (χ2n) is 9.77. The normalized spacial score (nSPS) is 16.9. The van der Waals surface area contributed by atoms with Crippen molar-refractivity contribution in [3.63, 3.8) is 0 Å². The minimum atomic E-state index is -0.606. The van der Waals surface area contributed by atoms with Crippen LogP contribution in [0.1, 0.15) is 65.5 Å². The minimum absolute atomic E-state index is 0.00832. The smallest absolute Gasteiger partial charge is 0.278 e. The zero-order valence-corrected chi connectivity index (χ0v) is 19.3. The molecule has 2 aromatic rings. The van der Waals surface area contributed by atoms with E-state index >= 15 is 0 Å². The van der Waals surface area contributed by atoms with E-state index in [0.29, 0.717) is 31.8 Å². The van der Waals surface area contributed by atoms with E-state index in [4.69, 9.17) is 15.3 Å². The van der Waals surface area contributed by atoms with Crippen molar-refractivity contribution >= 4 is 11.8 Å². The van der Waals surface area contributed by atoms with Gasteiger partial charge in [0, 0.05) is 36.2 Å². The van der Waals surface area contributed by atoms with Gasteiger partial charge in [-0.1, -0.05) is 12.1 Å². The number of hydroxylamine groups is 1. The Morgan fingerprint density at radius 3 is 2.58 bits per heavy atom. The Labute approximate surface area is 193 Å². The second kappa shape index (κ2) is 8.68. The number of aromatic hydroxyl groups is 1. The largest absolute Gasteiger partial charge is 0.507 e. The van der Waals surface area contributed by atoms with Crippen LogP contribution in [0.25, 0.3) is 0 Å². The van der Waals surface area contributed by atoms with Crippen LogP contribution in [0, 0.1) is 0 Å². The van der Waals surface area contributed by atoms with Crippen molar-refractivity contribution in [2.75, 3.05) is 19.7 Å². The number of phenols is 1. The quantitative estimate of drug-likeness (QED) is 0.614. The summed E-state index contributed by atoms with van der Waals surface area (Å²) in [5, 5.41) is 10.1. The number of phenolic OH excluding ortho intramolecular Hbond substituents is 1. The number of carbonyl (C=O) groups is 2. The summed E-state index contributed by atoms with van der Waals surface area (Å²) >= 11 is 0. The van der Waals surface area contributed by atoms with Crippen molar-refractivity contribution in [2.24, 2.45) is 5.73 Å². The highest BCUT2D eigenvalue weighted by molar-refractivity contribution is 6.01. The number of hydrogen-bond acceptors (Lipinski definition) is 6. The van der Waals surface area contributed by atoms with Crippen LogP contribution in [0.15, 0.2) is 36.4 Å². The summed E-state index contributed by atoms with van der Waals surface area (Å²) in [4.78, 5) is 32.7. The number of benzene rings is 2. The van der Waals surface area contributed by atoms with Crippen molar-refractivity contribution in [2.45, 2.75) is 51.2 Å². The SMILES string of the molecule is CC(C)(C)ONC(=O)c1cc(C(=O)N2CCC3(CC2)COc2ccc(CN)cc23)ccc1O. The average molecular weight is 454 g/mol. The van der Waals surface area contributed by atoms with Crippen LogP contribution in [0.4, 0.5) is 0 Å². The molecule has 2 amide bonds. The molecule has 2 aliphatic rings. The predicted octanol–water partition coefficient (Wildman–Crippen LogP) is 2.88. The van der Waals surface area contributed by atoms with E-state index in [1.54, 1.807) is 25.7 Å². The molecule has 176 valence electrons. The van der Waals surface area contributed by atoms with Crippen molar-refractivity contribution < 1.29 is 24.3 Å². The highest BCUT2D eigenvalue weighted by atomic mass is 16.7. The molecule has 0 atom stereocenters. The molecule has 2 aromatic carbocycles. The van der Waals surface area contributed by atoms with E-state index in [0.717, 1.165) is 24.2 Å². The van der Waals surface area contributed by atoms with Crippen LogP contribution in [0.3, 0.4) is 0 Å². The molecular weight excluding hydrogens is 422 g/mol. The van der Waals surface area contributed by atoms with Gasteiger partial charge in [0.25, 0.3) is 11.8 Å².